The number of nitrogens with one attached hydrogen (secondary N) is 2. The summed E-state index contributed by atoms with van der Waals surface area (Å²) in [6.45, 7) is 2.49. The summed E-state index contributed by atoms with van der Waals surface area (Å²) in [5.74, 6) is 0.626. The van der Waals surface area contributed by atoms with Crippen LogP contribution in [-0.4, -0.2) is 33.5 Å². The number of hydrogen-bond acceptors (Lipinski definition) is 3. The van der Waals surface area contributed by atoms with Gasteiger partial charge in [-0.05, 0) is 31.5 Å². The molecule has 0 aromatic carbocycles. The van der Waals surface area contributed by atoms with E-state index in [9.17, 15) is 18.0 Å². The minimum absolute atomic E-state index is 0.0775. The summed E-state index contributed by atoms with van der Waals surface area (Å²) in [6, 6.07) is 4.49. The van der Waals surface area contributed by atoms with Crippen LogP contribution in [0, 0.1) is 13.8 Å². The molecular formula is C14H16F3N5O. The first-order valence-corrected chi connectivity index (χ1v) is 6.81. The Morgan fingerprint density at radius 2 is 2.00 bits per heavy atom. The summed E-state index contributed by atoms with van der Waals surface area (Å²) in [7, 11) is 0. The van der Waals surface area contributed by atoms with Crippen LogP contribution in [0.3, 0.4) is 0 Å². The number of alkyl halides is 3. The van der Waals surface area contributed by atoms with E-state index in [1.807, 2.05) is 19.9 Å². The van der Waals surface area contributed by atoms with Crippen LogP contribution in [0.1, 0.15) is 17.0 Å². The third kappa shape index (κ3) is 4.97. The fourth-order valence-corrected chi connectivity index (χ4v) is 1.93. The number of hydrogen-bond donors (Lipinski definition) is 2. The normalized spacial score (nSPS) is 11.3. The van der Waals surface area contributed by atoms with Crippen LogP contribution in [0.15, 0.2) is 24.4 Å². The number of nitrogens with zero attached hydrogens (tertiary/aromatic N) is 3. The van der Waals surface area contributed by atoms with E-state index >= 15 is 0 Å². The van der Waals surface area contributed by atoms with Crippen molar-refractivity contribution in [2.75, 3.05) is 6.54 Å². The van der Waals surface area contributed by atoms with E-state index in [1.165, 1.54) is 6.20 Å². The number of pyridine rings is 1. The predicted molar refractivity (Wildman–Crippen MR) is 77.1 cm³/mol. The van der Waals surface area contributed by atoms with Crippen LogP contribution in [0.2, 0.25) is 0 Å². The highest BCUT2D eigenvalue weighted by Crippen LogP contribution is 2.12. The zero-order valence-electron chi connectivity index (χ0n) is 12.6. The molecule has 9 heteroatoms. The minimum atomic E-state index is -4.43. The Kier molecular flexibility index (Phi) is 4.87. The molecule has 0 unspecified atom stereocenters. The first kappa shape index (κ1) is 16.8. The molecule has 2 amide bonds. The molecule has 0 fully saturated rings. The molecule has 23 heavy (non-hydrogen) atoms. The molecule has 0 atom stereocenters. The zero-order valence-corrected chi connectivity index (χ0v) is 12.6. The van der Waals surface area contributed by atoms with E-state index in [1.54, 1.807) is 22.1 Å². The first-order chi connectivity index (χ1) is 10.7. The molecule has 0 aliphatic carbocycles. The van der Waals surface area contributed by atoms with E-state index in [0.717, 1.165) is 11.4 Å². The van der Waals surface area contributed by atoms with Crippen LogP contribution in [0.4, 0.5) is 18.0 Å². The molecule has 0 aliphatic heterocycles. The molecular weight excluding hydrogens is 311 g/mol. The Balaban J connectivity index is 1.90. The van der Waals surface area contributed by atoms with Crippen molar-refractivity contribution in [3.05, 3.63) is 41.3 Å². The van der Waals surface area contributed by atoms with Gasteiger partial charge in [0.1, 0.15) is 6.54 Å². The summed E-state index contributed by atoms with van der Waals surface area (Å²) in [6.07, 6.45) is -2.89. The van der Waals surface area contributed by atoms with Crippen LogP contribution >= 0.6 is 0 Å². The second-order valence-corrected chi connectivity index (χ2v) is 5.01. The third-order valence-corrected chi connectivity index (χ3v) is 2.94. The lowest BCUT2D eigenvalue weighted by Crippen LogP contribution is -2.40. The molecule has 124 valence electrons. The van der Waals surface area contributed by atoms with Gasteiger partial charge in [0.15, 0.2) is 5.82 Å². The van der Waals surface area contributed by atoms with E-state index < -0.39 is 18.8 Å². The molecule has 2 rings (SSSR count). The average molecular weight is 327 g/mol. The van der Waals surface area contributed by atoms with Crippen LogP contribution < -0.4 is 10.6 Å². The minimum Gasteiger partial charge on any atom is -0.334 e. The standard InChI is InChI=1S/C14H16F3N5O/c1-9-5-10(2)22(21-9)12-4-3-11(6-18-12)7-19-13(23)20-8-14(15,16)17/h3-6H,7-8H2,1-2H3,(H2,19,20,23). The van der Waals surface area contributed by atoms with Crippen LogP contribution in [0.25, 0.3) is 5.82 Å². The van der Waals surface area contributed by atoms with Gasteiger partial charge in [0, 0.05) is 18.4 Å². The lowest BCUT2D eigenvalue weighted by atomic mass is 10.3. The Morgan fingerprint density at radius 3 is 2.52 bits per heavy atom. The molecule has 0 saturated heterocycles. The van der Waals surface area contributed by atoms with Gasteiger partial charge in [-0.1, -0.05) is 6.07 Å². The maximum absolute atomic E-state index is 12.0. The van der Waals surface area contributed by atoms with E-state index in [4.69, 9.17) is 0 Å². The Hall–Kier alpha value is -2.58. The Labute approximate surface area is 130 Å². The molecule has 6 nitrogen and oxygen atoms in total. The highest BCUT2D eigenvalue weighted by atomic mass is 19.4. The van der Waals surface area contributed by atoms with Crippen molar-refractivity contribution in [2.24, 2.45) is 0 Å². The second-order valence-electron chi connectivity index (χ2n) is 5.01. The number of aromatic nitrogens is 3. The zero-order chi connectivity index (χ0) is 17.0. The van der Waals surface area contributed by atoms with Crippen molar-refractivity contribution in [1.82, 2.24) is 25.4 Å². The molecule has 0 spiro atoms. The van der Waals surface area contributed by atoms with Gasteiger partial charge in [0.25, 0.3) is 0 Å². The van der Waals surface area contributed by atoms with Crippen molar-refractivity contribution in [3.8, 4) is 5.82 Å². The van der Waals surface area contributed by atoms with E-state index in [-0.39, 0.29) is 6.54 Å². The van der Waals surface area contributed by atoms with Crippen molar-refractivity contribution < 1.29 is 18.0 Å². The number of carbonyl (C=O) groups excluding carboxylic acids is 1. The summed E-state index contributed by atoms with van der Waals surface area (Å²) in [5, 5.41) is 8.36. The largest absolute Gasteiger partial charge is 0.405 e. The fourth-order valence-electron chi connectivity index (χ4n) is 1.93. The summed E-state index contributed by atoms with van der Waals surface area (Å²) in [4.78, 5) is 15.5. The maximum Gasteiger partial charge on any atom is 0.405 e. The van der Waals surface area contributed by atoms with Gasteiger partial charge in [0.2, 0.25) is 0 Å². The summed E-state index contributed by atoms with van der Waals surface area (Å²) < 4.78 is 37.6. The fraction of sp³-hybridized carbons (Fsp3) is 0.357. The van der Waals surface area contributed by atoms with Gasteiger partial charge in [-0.3, -0.25) is 0 Å². The number of amides is 2. The van der Waals surface area contributed by atoms with Gasteiger partial charge in [-0.2, -0.15) is 18.3 Å². The number of carbonyl (C=O) groups is 1. The molecule has 0 radical (unpaired) electrons. The van der Waals surface area contributed by atoms with Crippen molar-refractivity contribution >= 4 is 6.03 Å². The first-order valence-electron chi connectivity index (χ1n) is 6.81. The second kappa shape index (κ2) is 6.67. The van der Waals surface area contributed by atoms with E-state index in [2.05, 4.69) is 15.4 Å². The smallest absolute Gasteiger partial charge is 0.334 e. The van der Waals surface area contributed by atoms with Gasteiger partial charge in [0.05, 0.1) is 5.69 Å². The molecule has 2 heterocycles. The molecule has 2 aromatic heterocycles. The van der Waals surface area contributed by atoms with Gasteiger partial charge in [-0.25, -0.2) is 14.5 Å². The van der Waals surface area contributed by atoms with Crippen molar-refractivity contribution in [2.45, 2.75) is 26.6 Å². The summed E-state index contributed by atoms with van der Waals surface area (Å²) >= 11 is 0. The van der Waals surface area contributed by atoms with Crippen molar-refractivity contribution in [3.63, 3.8) is 0 Å². The SMILES string of the molecule is Cc1cc(C)n(-c2ccc(CNC(=O)NCC(F)(F)F)cn2)n1. The van der Waals surface area contributed by atoms with Gasteiger partial charge >= 0.3 is 12.2 Å². The number of halogens is 3. The van der Waals surface area contributed by atoms with Crippen LogP contribution in [-0.2, 0) is 6.54 Å². The number of rotatable bonds is 4. The topological polar surface area (TPSA) is 71.8 Å². The third-order valence-electron chi connectivity index (χ3n) is 2.94. The number of aryl methyl sites for hydroxylation is 2. The number of urea groups is 1. The molecule has 0 aliphatic rings. The molecule has 2 aromatic rings. The highest BCUT2D eigenvalue weighted by molar-refractivity contribution is 5.73. The lowest BCUT2D eigenvalue weighted by molar-refractivity contribution is -0.122. The molecule has 0 bridgehead atoms. The molecule has 2 N–H and O–H groups in total. The average Bonchev–Trinajstić information content (AvgIpc) is 2.81. The quantitative estimate of drug-likeness (QED) is 0.905. The Bertz CT molecular complexity index is 679. The van der Waals surface area contributed by atoms with Crippen molar-refractivity contribution in [1.29, 1.82) is 0 Å². The monoisotopic (exact) mass is 327 g/mol. The molecule has 0 saturated carbocycles. The van der Waals surface area contributed by atoms with E-state index in [0.29, 0.717) is 11.4 Å². The maximum atomic E-state index is 12.0. The predicted octanol–water partition coefficient (Wildman–Crippen LogP) is 2.25. The highest BCUT2D eigenvalue weighted by Gasteiger charge is 2.27. The van der Waals surface area contributed by atoms with Gasteiger partial charge < -0.3 is 10.6 Å². The lowest BCUT2D eigenvalue weighted by Gasteiger charge is -2.10. The Morgan fingerprint density at radius 1 is 1.26 bits per heavy atom. The van der Waals surface area contributed by atoms with Crippen LogP contribution in [0.5, 0.6) is 0 Å². The summed E-state index contributed by atoms with van der Waals surface area (Å²) in [5.41, 5.74) is 2.47. The van der Waals surface area contributed by atoms with Gasteiger partial charge in [-0.15, -0.1) is 0 Å².